The van der Waals surface area contributed by atoms with Gasteiger partial charge in [-0.2, -0.15) is 0 Å². The molecule has 0 aliphatic carbocycles. The van der Waals surface area contributed by atoms with Crippen molar-refractivity contribution in [3.63, 3.8) is 0 Å². The van der Waals surface area contributed by atoms with Crippen LogP contribution in [-0.2, 0) is 0 Å². The second kappa shape index (κ2) is 6.96. The first kappa shape index (κ1) is 18.2. The lowest BCUT2D eigenvalue weighted by Crippen LogP contribution is -2.30. The number of rotatable bonds is 5. The normalized spacial score (nSPS) is 13.0. The molecule has 0 fully saturated rings. The number of nitrogens with zero attached hydrogens (tertiary/aromatic N) is 2. The van der Waals surface area contributed by atoms with Crippen LogP contribution < -0.4 is 0 Å². The Morgan fingerprint density at radius 3 is 2.54 bits per heavy atom. The van der Waals surface area contributed by atoms with Gasteiger partial charge in [-0.15, -0.1) is 0 Å². The van der Waals surface area contributed by atoms with E-state index >= 15 is 0 Å². The van der Waals surface area contributed by atoms with Crippen molar-refractivity contribution in [1.82, 2.24) is 9.97 Å². The topological polar surface area (TPSA) is 63.1 Å². The monoisotopic (exact) mass is 348 g/mol. The lowest BCUT2D eigenvalue weighted by molar-refractivity contribution is 0.0213. The van der Waals surface area contributed by atoms with Gasteiger partial charge in [0.1, 0.15) is 5.69 Å². The van der Waals surface area contributed by atoms with E-state index in [9.17, 15) is 9.90 Å². The van der Waals surface area contributed by atoms with E-state index in [-0.39, 0.29) is 18.1 Å². The molecule has 134 valence electrons. The van der Waals surface area contributed by atoms with Crippen LogP contribution in [0.2, 0.25) is 0 Å². The number of aryl methyl sites for hydroxylation is 1. The van der Waals surface area contributed by atoms with E-state index in [0.717, 1.165) is 27.6 Å². The van der Waals surface area contributed by atoms with Crippen LogP contribution in [0.25, 0.3) is 22.0 Å². The number of aliphatic hydroxyl groups is 1. The molecule has 0 spiro atoms. The molecule has 2 heterocycles. The van der Waals surface area contributed by atoms with E-state index < -0.39 is 5.60 Å². The number of carbonyl (C=O) groups excluding carboxylic acids is 1. The van der Waals surface area contributed by atoms with Crippen molar-refractivity contribution in [3.8, 4) is 11.1 Å². The summed E-state index contributed by atoms with van der Waals surface area (Å²) in [6.07, 6.45) is 3.82. The number of ketones is 1. The fraction of sp³-hybridized carbons (Fsp3) is 0.318. The highest BCUT2D eigenvalue weighted by atomic mass is 16.3. The average Bonchev–Trinajstić information content (AvgIpc) is 2.60. The summed E-state index contributed by atoms with van der Waals surface area (Å²) >= 11 is 0. The average molecular weight is 348 g/mol. The van der Waals surface area contributed by atoms with Crippen LogP contribution in [0.3, 0.4) is 0 Å². The molecule has 0 aliphatic heterocycles. The highest BCUT2D eigenvalue weighted by molar-refractivity contribution is 5.99. The SMILES string of the molecule is Cc1ccccc1-c1cncc2ccc(C(=O)CC(C)C(C)(C)O)nc12. The Bertz CT molecular complexity index is 958. The fourth-order valence-corrected chi connectivity index (χ4v) is 2.90. The Labute approximate surface area is 153 Å². The summed E-state index contributed by atoms with van der Waals surface area (Å²) in [6.45, 7) is 7.37. The standard InChI is InChI=1S/C22H24N2O2/c1-14-7-5-6-8-17(14)18-13-23-12-16-9-10-19(24-21(16)18)20(25)11-15(2)22(3,4)26/h5-10,12-13,15,26H,11H2,1-4H3. The molecule has 4 nitrogen and oxygen atoms in total. The molecule has 4 heteroatoms. The Morgan fingerprint density at radius 2 is 1.85 bits per heavy atom. The van der Waals surface area contributed by atoms with Crippen LogP contribution in [0.15, 0.2) is 48.8 Å². The van der Waals surface area contributed by atoms with Gasteiger partial charge in [-0.05, 0) is 49.9 Å². The maximum atomic E-state index is 12.7. The van der Waals surface area contributed by atoms with Crippen LogP contribution in [0.5, 0.6) is 0 Å². The molecule has 3 rings (SSSR count). The highest BCUT2D eigenvalue weighted by Gasteiger charge is 2.25. The minimum Gasteiger partial charge on any atom is -0.390 e. The van der Waals surface area contributed by atoms with Gasteiger partial charge >= 0.3 is 0 Å². The molecule has 26 heavy (non-hydrogen) atoms. The number of benzene rings is 1. The molecule has 1 aromatic carbocycles. The largest absolute Gasteiger partial charge is 0.390 e. The summed E-state index contributed by atoms with van der Waals surface area (Å²) in [5.41, 5.74) is 3.42. The molecule has 0 saturated carbocycles. The lowest BCUT2D eigenvalue weighted by Gasteiger charge is -2.25. The number of pyridine rings is 2. The zero-order valence-electron chi connectivity index (χ0n) is 15.7. The van der Waals surface area contributed by atoms with E-state index in [1.807, 2.05) is 44.2 Å². The van der Waals surface area contributed by atoms with Crippen molar-refractivity contribution >= 4 is 16.7 Å². The van der Waals surface area contributed by atoms with Gasteiger partial charge in [0.25, 0.3) is 0 Å². The van der Waals surface area contributed by atoms with Crippen LogP contribution >= 0.6 is 0 Å². The quantitative estimate of drug-likeness (QED) is 0.685. The number of carbonyl (C=O) groups is 1. The Balaban J connectivity index is 2.04. The van der Waals surface area contributed by atoms with Crippen molar-refractivity contribution in [2.45, 2.75) is 39.7 Å². The van der Waals surface area contributed by atoms with E-state index in [2.05, 4.69) is 9.97 Å². The molecule has 3 aromatic rings. The van der Waals surface area contributed by atoms with Crippen LogP contribution in [0, 0.1) is 12.8 Å². The van der Waals surface area contributed by atoms with Gasteiger partial charge in [-0.1, -0.05) is 31.2 Å². The molecular weight excluding hydrogens is 324 g/mol. The number of Topliss-reactive ketones (excluding diaryl/α,β-unsaturated/α-hetero) is 1. The number of hydrogen-bond donors (Lipinski definition) is 1. The predicted octanol–water partition coefficient (Wildman–Crippen LogP) is 4.59. The summed E-state index contributed by atoms with van der Waals surface area (Å²) in [7, 11) is 0. The second-order valence-electron chi connectivity index (χ2n) is 7.45. The Hall–Kier alpha value is -2.59. The maximum absolute atomic E-state index is 12.7. The van der Waals surface area contributed by atoms with E-state index in [1.54, 1.807) is 32.3 Å². The maximum Gasteiger partial charge on any atom is 0.181 e. The van der Waals surface area contributed by atoms with Gasteiger partial charge in [0.2, 0.25) is 0 Å². The summed E-state index contributed by atoms with van der Waals surface area (Å²) in [4.78, 5) is 21.7. The first-order valence-corrected chi connectivity index (χ1v) is 8.83. The smallest absolute Gasteiger partial charge is 0.181 e. The third-order valence-electron chi connectivity index (χ3n) is 5.02. The Kier molecular flexibility index (Phi) is 4.88. The number of fused-ring (bicyclic) bond motifs is 1. The zero-order chi connectivity index (χ0) is 18.9. The summed E-state index contributed by atoms with van der Waals surface area (Å²) in [5.74, 6) is -0.213. The van der Waals surface area contributed by atoms with Crippen molar-refractivity contribution in [1.29, 1.82) is 0 Å². The minimum absolute atomic E-state index is 0.0610. The third-order valence-corrected chi connectivity index (χ3v) is 5.02. The molecule has 0 amide bonds. The first-order valence-electron chi connectivity index (χ1n) is 8.83. The fourth-order valence-electron chi connectivity index (χ4n) is 2.90. The molecule has 0 aliphatic rings. The van der Waals surface area contributed by atoms with Crippen molar-refractivity contribution in [2.75, 3.05) is 0 Å². The van der Waals surface area contributed by atoms with Gasteiger partial charge in [0, 0.05) is 29.8 Å². The number of aromatic nitrogens is 2. The van der Waals surface area contributed by atoms with E-state index in [4.69, 9.17) is 0 Å². The van der Waals surface area contributed by atoms with E-state index in [0.29, 0.717) is 5.69 Å². The van der Waals surface area contributed by atoms with Crippen LogP contribution in [0.1, 0.15) is 43.2 Å². The predicted molar refractivity (Wildman–Crippen MR) is 104 cm³/mol. The Morgan fingerprint density at radius 1 is 1.12 bits per heavy atom. The molecule has 0 saturated heterocycles. The third kappa shape index (κ3) is 3.65. The highest BCUT2D eigenvalue weighted by Crippen LogP contribution is 2.29. The molecule has 1 unspecified atom stereocenters. The molecule has 0 radical (unpaired) electrons. The van der Waals surface area contributed by atoms with Crippen LogP contribution in [0.4, 0.5) is 0 Å². The van der Waals surface area contributed by atoms with E-state index in [1.165, 1.54) is 0 Å². The first-order chi connectivity index (χ1) is 12.3. The van der Waals surface area contributed by atoms with Gasteiger partial charge < -0.3 is 5.11 Å². The van der Waals surface area contributed by atoms with Gasteiger partial charge in [-0.3, -0.25) is 9.78 Å². The molecule has 2 aromatic heterocycles. The van der Waals surface area contributed by atoms with Crippen LogP contribution in [-0.4, -0.2) is 26.5 Å². The van der Waals surface area contributed by atoms with Gasteiger partial charge in [0.15, 0.2) is 5.78 Å². The van der Waals surface area contributed by atoms with Gasteiger partial charge in [0.05, 0.1) is 11.1 Å². The molecule has 0 bridgehead atoms. The van der Waals surface area contributed by atoms with Crippen molar-refractivity contribution in [2.24, 2.45) is 5.92 Å². The lowest BCUT2D eigenvalue weighted by atomic mass is 9.88. The molecular formula is C22H24N2O2. The zero-order valence-corrected chi connectivity index (χ0v) is 15.7. The second-order valence-corrected chi connectivity index (χ2v) is 7.45. The number of hydrogen-bond acceptors (Lipinski definition) is 4. The summed E-state index contributed by atoms with van der Waals surface area (Å²) in [6, 6.07) is 11.7. The van der Waals surface area contributed by atoms with Crippen molar-refractivity contribution < 1.29 is 9.90 Å². The minimum atomic E-state index is -0.900. The molecule has 1 atom stereocenters. The van der Waals surface area contributed by atoms with Crippen molar-refractivity contribution in [3.05, 3.63) is 60.0 Å². The summed E-state index contributed by atoms with van der Waals surface area (Å²) in [5, 5.41) is 11.0. The summed E-state index contributed by atoms with van der Waals surface area (Å²) < 4.78 is 0. The van der Waals surface area contributed by atoms with Gasteiger partial charge in [-0.25, -0.2) is 4.98 Å². The molecule has 1 N–H and O–H groups in total.